The predicted molar refractivity (Wildman–Crippen MR) is 90.7 cm³/mol. The second-order valence-corrected chi connectivity index (χ2v) is 6.51. The molecule has 2 aliphatic rings. The molecule has 0 unspecified atom stereocenters. The zero-order chi connectivity index (χ0) is 14.9. The Labute approximate surface area is 130 Å². The average Bonchev–Trinajstić information content (AvgIpc) is 3.00. The smallest absolute Gasteiger partial charge is 0.191 e. The molecule has 1 aliphatic heterocycles. The number of rotatable bonds is 6. The summed E-state index contributed by atoms with van der Waals surface area (Å²) < 4.78 is 0. The molecule has 2 N–H and O–H groups in total. The third-order valence-electron chi connectivity index (χ3n) is 4.64. The lowest BCUT2D eigenvalue weighted by molar-refractivity contribution is 0.189. The van der Waals surface area contributed by atoms with Gasteiger partial charge in [0.15, 0.2) is 5.96 Å². The maximum absolute atomic E-state index is 4.30. The molecule has 0 amide bonds. The highest BCUT2D eigenvalue weighted by Crippen LogP contribution is 2.16. The molecule has 0 saturated carbocycles. The Hall–Kier alpha value is -1.03. The van der Waals surface area contributed by atoms with E-state index in [4.69, 9.17) is 0 Å². The molecule has 1 saturated heterocycles. The number of unbranched alkanes of at least 4 members (excludes halogenated alkanes) is 1. The normalized spacial score (nSPS) is 21.9. The van der Waals surface area contributed by atoms with Crippen LogP contribution in [0.5, 0.6) is 0 Å². The number of hydrogen-bond donors (Lipinski definition) is 2. The number of hydrogen-bond acceptors (Lipinski definition) is 2. The highest BCUT2D eigenvalue weighted by Gasteiger charge is 2.15. The van der Waals surface area contributed by atoms with Crippen LogP contribution in [0, 0.1) is 5.92 Å². The summed E-state index contributed by atoms with van der Waals surface area (Å²) in [6.45, 7) is 7.25. The van der Waals surface area contributed by atoms with E-state index in [2.05, 4.69) is 39.6 Å². The number of nitrogens with one attached hydrogen (secondary N) is 2. The van der Waals surface area contributed by atoms with E-state index in [-0.39, 0.29) is 0 Å². The van der Waals surface area contributed by atoms with Gasteiger partial charge < -0.3 is 15.5 Å². The van der Waals surface area contributed by atoms with Crippen LogP contribution in [0.25, 0.3) is 0 Å². The van der Waals surface area contributed by atoms with E-state index in [1.54, 1.807) is 0 Å². The number of piperidine rings is 1. The predicted octanol–water partition coefficient (Wildman–Crippen LogP) is 2.38. The molecule has 0 atom stereocenters. The van der Waals surface area contributed by atoms with Gasteiger partial charge in [-0.25, -0.2) is 0 Å². The van der Waals surface area contributed by atoms with Crippen molar-refractivity contribution in [2.24, 2.45) is 10.9 Å². The summed E-state index contributed by atoms with van der Waals surface area (Å²) in [5.74, 6) is 1.89. The van der Waals surface area contributed by atoms with Gasteiger partial charge in [0.25, 0.3) is 0 Å². The molecule has 0 spiro atoms. The standard InChI is InChI=1S/C17H32N4/c1-15-9-13-21(14-10-15)12-6-5-11-19-17(18-2)20-16-7-3-4-8-16/h3-4,15-16H,5-14H2,1-2H3,(H2,18,19,20). The fraction of sp³-hybridized carbons (Fsp3) is 0.824. The molecule has 0 aromatic carbocycles. The summed E-state index contributed by atoms with van der Waals surface area (Å²) in [6, 6.07) is 0.534. The van der Waals surface area contributed by atoms with Gasteiger partial charge in [-0.15, -0.1) is 0 Å². The fourth-order valence-corrected chi connectivity index (χ4v) is 3.08. The van der Waals surface area contributed by atoms with E-state index >= 15 is 0 Å². The molecule has 4 heteroatoms. The number of aliphatic imine (C=N–C) groups is 1. The van der Waals surface area contributed by atoms with Crippen molar-refractivity contribution in [2.45, 2.75) is 51.5 Å². The Morgan fingerprint density at radius 3 is 2.57 bits per heavy atom. The molecule has 1 heterocycles. The van der Waals surface area contributed by atoms with Crippen LogP contribution < -0.4 is 10.6 Å². The molecule has 120 valence electrons. The number of nitrogens with zero attached hydrogens (tertiary/aromatic N) is 2. The van der Waals surface area contributed by atoms with E-state index in [9.17, 15) is 0 Å². The molecular formula is C17H32N4. The SMILES string of the molecule is CN=C(NCCCCN1CCC(C)CC1)NC1CC=CC1. The van der Waals surface area contributed by atoms with Crippen molar-refractivity contribution in [1.29, 1.82) is 0 Å². The molecule has 2 rings (SSSR count). The molecule has 0 bridgehead atoms. The third kappa shape index (κ3) is 6.08. The quantitative estimate of drug-likeness (QED) is 0.342. The Kier molecular flexibility index (Phi) is 7.07. The van der Waals surface area contributed by atoms with E-state index in [0.717, 1.165) is 31.3 Å². The van der Waals surface area contributed by atoms with Crippen LogP contribution in [0.3, 0.4) is 0 Å². The first kappa shape index (κ1) is 16.3. The van der Waals surface area contributed by atoms with Crippen LogP contribution >= 0.6 is 0 Å². The van der Waals surface area contributed by atoms with Crippen molar-refractivity contribution in [3.63, 3.8) is 0 Å². The summed E-state index contributed by atoms with van der Waals surface area (Å²) >= 11 is 0. The second kappa shape index (κ2) is 9.08. The zero-order valence-corrected chi connectivity index (χ0v) is 13.8. The van der Waals surface area contributed by atoms with E-state index in [0.29, 0.717) is 6.04 Å². The van der Waals surface area contributed by atoms with Crippen molar-refractivity contribution in [2.75, 3.05) is 33.2 Å². The lowest BCUT2D eigenvalue weighted by Gasteiger charge is -2.30. The highest BCUT2D eigenvalue weighted by molar-refractivity contribution is 5.80. The minimum atomic E-state index is 0.534. The topological polar surface area (TPSA) is 39.7 Å². The fourth-order valence-electron chi connectivity index (χ4n) is 3.08. The first-order valence-corrected chi connectivity index (χ1v) is 8.62. The summed E-state index contributed by atoms with van der Waals surface area (Å²) in [5, 5.41) is 6.91. The molecule has 0 aromatic heterocycles. The van der Waals surface area contributed by atoms with Gasteiger partial charge in [-0.05, 0) is 64.1 Å². The summed E-state index contributed by atoms with van der Waals surface area (Å²) in [4.78, 5) is 6.93. The van der Waals surface area contributed by atoms with Gasteiger partial charge in [0.1, 0.15) is 0 Å². The van der Waals surface area contributed by atoms with E-state index in [1.807, 2.05) is 7.05 Å². The second-order valence-electron chi connectivity index (χ2n) is 6.51. The molecule has 1 aliphatic carbocycles. The zero-order valence-electron chi connectivity index (χ0n) is 13.8. The van der Waals surface area contributed by atoms with E-state index < -0.39 is 0 Å². The van der Waals surface area contributed by atoms with Gasteiger partial charge >= 0.3 is 0 Å². The average molecular weight is 292 g/mol. The summed E-state index contributed by atoms with van der Waals surface area (Å²) in [7, 11) is 1.85. The molecule has 1 fully saturated rings. The first-order chi connectivity index (χ1) is 10.3. The largest absolute Gasteiger partial charge is 0.356 e. The van der Waals surface area contributed by atoms with Crippen molar-refractivity contribution in [3.8, 4) is 0 Å². The molecule has 0 aromatic rings. The van der Waals surface area contributed by atoms with Crippen LogP contribution in [-0.2, 0) is 0 Å². The van der Waals surface area contributed by atoms with Gasteiger partial charge in [-0.3, -0.25) is 4.99 Å². The lowest BCUT2D eigenvalue weighted by atomic mass is 9.99. The maximum atomic E-state index is 4.30. The highest BCUT2D eigenvalue weighted by atomic mass is 15.2. The van der Waals surface area contributed by atoms with Crippen molar-refractivity contribution in [3.05, 3.63) is 12.2 Å². The van der Waals surface area contributed by atoms with Crippen molar-refractivity contribution >= 4 is 5.96 Å². The number of likely N-dealkylation sites (tertiary alicyclic amines) is 1. The summed E-state index contributed by atoms with van der Waals surface area (Å²) in [5.41, 5.74) is 0. The van der Waals surface area contributed by atoms with Crippen LogP contribution in [0.1, 0.15) is 45.4 Å². The van der Waals surface area contributed by atoms with Crippen molar-refractivity contribution < 1.29 is 0 Å². The van der Waals surface area contributed by atoms with Gasteiger partial charge in [-0.1, -0.05) is 19.1 Å². The van der Waals surface area contributed by atoms with Gasteiger partial charge in [0, 0.05) is 19.6 Å². The van der Waals surface area contributed by atoms with E-state index in [1.165, 1.54) is 45.3 Å². The van der Waals surface area contributed by atoms with Crippen molar-refractivity contribution in [1.82, 2.24) is 15.5 Å². The Balaban J connectivity index is 1.50. The van der Waals surface area contributed by atoms with Crippen LogP contribution in [0.2, 0.25) is 0 Å². The Morgan fingerprint density at radius 2 is 1.90 bits per heavy atom. The minimum Gasteiger partial charge on any atom is -0.356 e. The molecule has 0 radical (unpaired) electrons. The first-order valence-electron chi connectivity index (χ1n) is 8.62. The maximum Gasteiger partial charge on any atom is 0.191 e. The number of guanidine groups is 1. The Morgan fingerprint density at radius 1 is 1.19 bits per heavy atom. The molecule has 4 nitrogen and oxygen atoms in total. The molecular weight excluding hydrogens is 260 g/mol. The minimum absolute atomic E-state index is 0.534. The molecule has 21 heavy (non-hydrogen) atoms. The van der Waals surface area contributed by atoms with Crippen LogP contribution in [0.15, 0.2) is 17.1 Å². The lowest BCUT2D eigenvalue weighted by Crippen LogP contribution is -2.42. The van der Waals surface area contributed by atoms with Crippen LogP contribution in [0.4, 0.5) is 0 Å². The van der Waals surface area contributed by atoms with Crippen LogP contribution in [-0.4, -0.2) is 50.1 Å². The summed E-state index contributed by atoms with van der Waals surface area (Å²) in [6.07, 6.45) is 12.0. The third-order valence-corrected chi connectivity index (χ3v) is 4.64. The van der Waals surface area contributed by atoms with Gasteiger partial charge in [-0.2, -0.15) is 0 Å². The van der Waals surface area contributed by atoms with Gasteiger partial charge in [0.05, 0.1) is 0 Å². The monoisotopic (exact) mass is 292 g/mol. The van der Waals surface area contributed by atoms with Gasteiger partial charge in [0.2, 0.25) is 0 Å². The Bertz CT molecular complexity index is 335.